The summed E-state index contributed by atoms with van der Waals surface area (Å²) in [6.07, 6.45) is 1.98. The smallest absolute Gasteiger partial charge is 0.335 e. The Kier molecular flexibility index (Phi) is 4.09. The number of hydrogen-bond acceptors (Lipinski definition) is 2. The molecule has 1 aromatic rings. The summed E-state index contributed by atoms with van der Waals surface area (Å²) >= 11 is 3.22. The van der Waals surface area contributed by atoms with Crippen LogP contribution in [0, 0.1) is 5.92 Å². The lowest BCUT2D eigenvalue weighted by Gasteiger charge is -2.33. The summed E-state index contributed by atoms with van der Waals surface area (Å²) in [5.74, 6) is -0.368. The Balaban J connectivity index is 1.98. The Bertz CT molecular complexity index is 513. The molecule has 1 saturated carbocycles. The molecule has 2 amide bonds. The van der Waals surface area contributed by atoms with Gasteiger partial charge in [-0.15, -0.1) is 0 Å². The highest BCUT2D eigenvalue weighted by atomic mass is 79.9. The van der Waals surface area contributed by atoms with Gasteiger partial charge >= 0.3 is 12.0 Å². The number of halogens is 1. The van der Waals surface area contributed by atoms with E-state index >= 15 is 0 Å². The predicted octanol–water partition coefficient (Wildman–Crippen LogP) is 3.07. The second-order valence-electron chi connectivity index (χ2n) is 4.91. The van der Waals surface area contributed by atoms with Crippen molar-refractivity contribution in [1.29, 1.82) is 0 Å². The van der Waals surface area contributed by atoms with Crippen molar-refractivity contribution in [2.75, 3.05) is 5.32 Å². The van der Waals surface area contributed by atoms with Gasteiger partial charge in [0.15, 0.2) is 0 Å². The fourth-order valence-corrected chi connectivity index (χ4v) is 2.65. The maximum Gasteiger partial charge on any atom is 0.335 e. The third-order valence-corrected chi connectivity index (χ3v) is 3.57. The summed E-state index contributed by atoms with van der Waals surface area (Å²) < 4.78 is 0.611. The van der Waals surface area contributed by atoms with E-state index in [0.717, 1.165) is 12.8 Å². The first-order valence-corrected chi connectivity index (χ1v) is 6.84. The minimum absolute atomic E-state index is 0.127. The van der Waals surface area contributed by atoms with E-state index in [0.29, 0.717) is 16.1 Å². The zero-order valence-electron chi connectivity index (χ0n) is 10.4. The number of carbonyl (C=O) groups is 2. The number of aromatic carboxylic acids is 1. The predicted molar refractivity (Wildman–Crippen MR) is 75.4 cm³/mol. The van der Waals surface area contributed by atoms with Gasteiger partial charge in [0.25, 0.3) is 0 Å². The lowest BCUT2D eigenvalue weighted by molar-refractivity contribution is 0.0696. The first kappa shape index (κ1) is 13.9. The third kappa shape index (κ3) is 3.70. The van der Waals surface area contributed by atoms with Gasteiger partial charge in [0.05, 0.1) is 5.56 Å². The van der Waals surface area contributed by atoms with Crippen LogP contribution in [0.3, 0.4) is 0 Å². The van der Waals surface area contributed by atoms with Crippen LogP contribution in [0.1, 0.15) is 30.1 Å². The van der Waals surface area contributed by atoms with Crippen LogP contribution >= 0.6 is 15.9 Å². The van der Waals surface area contributed by atoms with Crippen molar-refractivity contribution in [1.82, 2.24) is 5.32 Å². The Morgan fingerprint density at radius 3 is 2.58 bits per heavy atom. The van der Waals surface area contributed by atoms with E-state index in [9.17, 15) is 9.59 Å². The molecule has 19 heavy (non-hydrogen) atoms. The monoisotopic (exact) mass is 326 g/mol. The molecule has 0 aliphatic heterocycles. The number of amides is 2. The van der Waals surface area contributed by atoms with E-state index in [1.54, 1.807) is 6.07 Å². The largest absolute Gasteiger partial charge is 0.478 e. The molecular formula is C13H15BrN2O3. The summed E-state index contributed by atoms with van der Waals surface area (Å²) in [6, 6.07) is 4.50. The minimum atomic E-state index is -1.03. The average molecular weight is 327 g/mol. The number of benzene rings is 1. The molecule has 0 saturated heterocycles. The third-order valence-electron chi connectivity index (χ3n) is 3.11. The van der Waals surface area contributed by atoms with E-state index < -0.39 is 5.97 Å². The molecule has 102 valence electrons. The SMILES string of the molecule is CC1CC(NC(=O)Nc2cc(Br)cc(C(=O)O)c2)C1. The fraction of sp³-hybridized carbons (Fsp3) is 0.385. The molecule has 1 aliphatic carbocycles. The highest BCUT2D eigenvalue weighted by Crippen LogP contribution is 2.26. The number of carbonyl (C=O) groups excluding carboxylic acids is 1. The number of nitrogens with one attached hydrogen (secondary N) is 2. The number of carboxylic acids is 1. The summed E-state index contributed by atoms with van der Waals surface area (Å²) in [6.45, 7) is 2.14. The van der Waals surface area contributed by atoms with Crippen molar-refractivity contribution >= 4 is 33.6 Å². The number of rotatable bonds is 3. The second-order valence-corrected chi connectivity index (χ2v) is 5.82. The number of hydrogen-bond donors (Lipinski definition) is 3. The standard InChI is InChI=1S/C13H15BrN2O3/c1-7-2-10(3-7)15-13(19)16-11-5-8(12(17)18)4-9(14)6-11/h4-7,10H,2-3H2,1H3,(H,17,18)(H2,15,16,19). The molecule has 1 aliphatic rings. The second kappa shape index (κ2) is 5.61. The topological polar surface area (TPSA) is 78.4 Å². The zero-order valence-corrected chi connectivity index (χ0v) is 12.0. The van der Waals surface area contributed by atoms with Crippen molar-refractivity contribution < 1.29 is 14.7 Å². The van der Waals surface area contributed by atoms with Gasteiger partial charge in [-0.1, -0.05) is 22.9 Å². The van der Waals surface area contributed by atoms with Gasteiger partial charge in [0, 0.05) is 16.2 Å². The summed E-state index contributed by atoms with van der Waals surface area (Å²) in [5.41, 5.74) is 0.582. The van der Waals surface area contributed by atoms with Crippen molar-refractivity contribution in [3.8, 4) is 0 Å². The molecule has 1 fully saturated rings. The van der Waals surface area contributed by atoms with Crippen LogP contribution < -0.4 is 10.6 Å². The van der Waals surface area contributed by atoms with E-state index in [4.69, 9.17) is 5.11 Å². The van der Waals surface area contributed by atoms with E-state index in [2.05, 4.69) is 33.5 Å². The van der Waals surface area contributed by atoms with Gasteiger partial charge in [-0.2, -0.15) is 0 Å². The van der Waals surface area contributed by atoms with E-state index in [1.807, 2.05) is 0 Å². The molecule has 0 aromatic heterocycles. The zero-order chi connectivity index (χ0) is 14.0. The molecule has 0 spiro atoms. The molecule has 6 heteroatoms. The van der Waals surface area contributed by atoms with E-state index in [-0.39, 0.29) is 17.6 Å². The molecule has 0 radical (unpaired) electrons. The highest BCUT2D eigenvalue weighted by Gasteiger charge is 2.26. The maximum atomic E-state index is 11.7. The molecule has 0 heterocycles. The number of anilines is 1. The lowest BCUT2D eigenvalue weighted by atomic mass is 9.82. The Morgan fingerprint density at radius 1 is 1.32 bits per heavy atom. The van der Waals surface area contributed by atoms with Gasteiger partial charge in [-0.3, -0.25) is 0 Å². The molecule has 0 bridgehead atoms. The van der Waals surface area contributed by atoms with Crippen LogP contribution in [0.15, 0.2) is 22.7 Å². The maximum absolute atomic E-state index is 11.7. The lowest BCUT2D eigenvalue weighted by Crippen LogP contribution is -2.45. The summed E-state index contributed by atoms with van der Waals surface area (Å²) in [4.78, 5) is 22.6. The molecular weight excluding hydrogens is 312 g/mol. The summed E-state index contributed by atoms with van der Waals surface area (Å²) in [7, 11) is 0. The van der Waals surface area contributed by atoms with Crippen molar-refractivity contribution in [2.24, 2.45) is 5.92 Å². The molecule has 0 atom stereocenters. The van der Waals surface area contributed by atoms with Crippen molar-refractivity contribution in [3.63, 3.8) is 0 Å². The van der Waals surface area contributed by atoms with Crippen molar-refractivity contribution in [3.05, 3.63) is 28.2 Å². The van der Waals surface area contributed by atoms with Crippen LogP contribution in [0.25, 0.3) is 0 Å². The average Bonchev–Trinajstić information content (AvgIpc) is 2.25. The Hall–Kier alpha value is -1.56. The summed E-state index contributed by atoms with van der Waals surface area (Å²) in [5, 5.41) is 14.4. The first-order valence-electron chi connectivity index (χ1n) is 6.05. The van der Waals surface area contributed by atoms with Crippen LogP contribution in [0.4, 0.5) is 10.5 Å². The van der Waals surface area contributed by atoms with Crippen LogP contribution in [0.5, 0.6) is 0 Å². The normalized spacial score (nSPS) is 21.4. The van der Waals surface area contributed by atoms with Crippen LogP contribution in [-0.4, -0.2) is 23.1 Å². The molecule has 5 nitrogen and oxygen atoms in total. The van der Waals surface area contributed by atoms with Gasteiger partial charge < -0.3 is 15.7 Å². The molecule has 1 aromatic carbocycles. The van der Waals surface area contributed by atoms with E-state index in [1.165, 1.54) is 12.1 Å². The molecule has 0 unspecified atom stereocenters. The van der Waals surface area contributed by atoms with Gasteiger partial charge in [-0.05, 0) is 37.0 Å². The van der Waals surface area contributed by atoms with Gasteiger partial charge in [0.1, 0.15) is 0 Å². The van der Waals surface area contributed by atoms with Crippen LogP contribution in [-0.2, 0) is 0 Å². The molecule has 3 N–H and O–H groups in total. The quantitative estimate of drug-likeness (QED) is 0.798. The van der Waals surface area contributed by atoms with Crippen molar-refractivity contribution in [2.45, 2.75) is 25.8 Å². The highest BCUT2D eigenvalue weighted by molar-refractivity contribution is 9.10. The van der Waals surface area contributed by atoms with Crippen LogP contribution in [0.2, 0.25) is 0 Å². The number of urea groups is 1. The number of carboxylic acid groups (broad SMARTS) is 1. The van der Waals surface area contributed by atoms with Gasteiger partial charge in [-0.25, -0.2) is 9.59 Å². The minimum Gasteiger partial charge on any atom is -0.478 e. The fourth-order valence-electron chi connectivity index (χ4n) is 2.16. The first-order chi connectivity index (χ1) is 8.94. The van der Waals surface area contributed by atoms with Gasteiger partial charge in [0.2, 0.25) is 0 Å². The Labute approximate surface area is 119 Å². The Morgan fingerprint density at radius 2 is 2.00 bits per heavy atom. The molecule has 2 rings (SSSR count).